The van der Waals surface area contributed by atoms with Crippen molar-refractivity contribution < 1.29 is 9.13 Å². The van der Waals surface area contributed by atoms with E-state index in [0.717, 1.165) is 60.2 Å². The Morgan fingerprint density at radius 2 is 1.97 bits per heavy atom. The molecule has 2 aliphatic rings. The number of nitrogens with zero attached hydrogens (tertiary/aromatic N) is 5. The third-order valence-corrected chi connectivity index (χ3v) is 6.16. The van der Waals surface area contributed by atoms with Crippen LogP contribution in [-0.2, 0) is 23.3 Å². The molecule has 7 heteroatoms. The van der Waals surface area contributed by atoms with Gasteiger partial charge in [0.15, 0.2) is 0 Å². The molecule has 2 aromatic heterocycles. The summed E-state index contributed by atoms with van der Waals surface area (Å²) in [4.78, 5) is 18.6. The van der Waals surface area contributed by atoms with Crippen LogP contribution in [-0.4, -0.2) is 53.6 Å². The van der Waals surface area contributed by atoms with Gasteiger partial charge in [-0.1, -0.05) is 6.07 Å². The molecule has 0 unspecified atom stereocenters. The largest absolute Gasteiger partial charge is 0.376 e. The van der Waals surface area contributed by atoms with Crippen LogP contribution in [0.15, 0.2) is 48.7 Å². The molecule has 160 valence electrons. The highest BCUT2D eigenvalue weighted by Crippen LogP contribution is 2.39. The summed E-state index contributed by atoms with van der Waals surface area (Å²) in [6, 6.07) is 12.5. The third kappa shape index (κ3) is 3.91. The van der Waals surface area contributed by atoms with Gasteiger partial charge in [0.1, 0.15) is 5.82 Å². The molecular formula is C24H26FN5O. The molecule has 31 heavy (non-hydrogen) atoms. The van der Waals surface area contributed by atoms with E-state index in [2.05, 4.69) is 16.0 Å². The van der Waals surface area contributed by atoms with Crippen LogP contribution in [0.4, 0.5) is 10.3 Å². The lowest BCUT2D eigenvalue weighted by Crippen LogP contribution is -2.40. The first-order chi connectivity index (χ1) is 15.0. The molecule has 0 radical (unpaired) electrons. The van der Waals surface area contributed by atoms with Gasteiger partial charge >= 0.3 is 0 Å². The minimum Gasteiger partial charge on any atom is -0.376 e. The predicted octanol–water partition coefficient (Wildman–Crippen LogP) is 3.42. The minimum absolute atomic E-state index is 0.101. The van der Waals surface area contributed by atoms with Crippen molar-refractivity contribution in [1.82, 2.24) is 19.9 Å². The van der Waals surface area contributed by atoms with Crippen LogP contribution in [0.25, 0.3) is 11.3 Å². The molecule has 3 aromatic rings. The fourth-order valence-electron chi connectivity index (χ4n) is 4.58. The Bertz CT molecular complexity index is 1090. The minimum atomic E-state index is -0.238. The number of rotatable bonds is 4. The van der Waals surface area contributed by atoms with Crippen molar-refractivity contribution in [3.05, 3.63) is 71.4 Å². The second kappa shape index (κ2) is 7.98. The number of hydrogen-bond acceptors (Lipinski definition) is 6. The molecule has 6 nitrogen and oxygen atoms in total. The lowest BCUT2D eigenvalue weighted by atomic mass is 9.80. The summed E-state index contributed by atoms with van der Waals surface area (Å²) in [6.45, 7) is 3.87. The van der Waals surface area contributed by atoms with Crippen molar-refractivity contribution in [3.8, 4) is 11.3 Å². The Kier molecular flexibility index (Phi) is 5.16. The van der Waals surface area contributed by atoms with E-state index in [1.807, 2.05) is 37.3 Å². The zero-order valence-corrected chi connectivity index (χ0v) is 17.9. The van der Waals surface area contributed by atoms with Gasteiger partial charge in [-0.2, -0.15) is 0 Å². The first kappa shape index (κ1) is 20.0. The summed E-state index contributed by atoms with van der Waals surface area (Å²) in [7, 11) is 3.93. The summed E-state index contributed by atoms with van der Waals surface area (Å²) < 4.78 is 19.2. The summed E-state index contributed by atoms with van der Waals surface area (Å²) in [5, 5.41) is 0. The van der Waals surface area contributed by atoms with Crippen LogP contribution in [0, 0.1) is 5.82 Å². The number of halogens is 1. The number of pyridine rings is 1. The number of hydrogen-bond donors (Lipinski definition) is 0. The second-order valence-corrected chi connectivity index (χ2v) is 8.69. The smallest absolute Gasteiger partial charge is 0.225 e. The molecule has 1 fully saturated rings. The van der Waals surface area contributed by atoms with Crippen molar-refractivity contribution in [1.29, 1.82) is 0 Å². The Labute approximate surface area is 181 Å². The Morgan fingerprint density at radius 1 is 1.13 bits per heavy atom. The van der Waals surface area contributed by atoms with E-state index in [0.29, 0.717) is 13.2 Å². The molecule has 1 aromatic carbocycles. The van der Waals surface area contributed by atoms with Crippen molar-refractivity contribution >= 4 is 5.95 Å². The van der Waals surface area contributed by atoms with Crippen LogP contribution in [0.3, 0.4) is 0 Å². The van der Waals surface area contributed by atoms with Gasteiger partial charge in [-0.15, -0.1) is 0 Å². The van der Waals surface area contributed by atoms with E-state index in [9.17, 15) is 4.39 Å². The molecule has 4 heterocycles. The maximum atomic E-state index is 13.3. The lowest BCUT2D eigenvalue weighted by molar-refractivity contribution is 0.0502. The summed E-state index contributed by atoms with van der Waals surface area (Å²) in [5.41, 5.74) is 4.91. The first-order valence-corrected chi connectivity index (χ1v) is 10.6. The van der Waals surface area contributed by atoms with E-state index in [1.54, 1.807) is 12.1 Å². The summed E-state index contributed by atoms with van der Waals surface area (Å²) in [6.07, 6.45) is 2.91. The molecule has 2 aliphatic heterocycles. The van der Waals surface area contributed by atoms with E-state index in [-0.39, 0.29) is 11.2 Å². The molecule has 0 saturated carbocycles. The summed E-state index contributed by atoms with van der Waals surface area (Å²) >= 11 is 0. The van der Waals surface area contributed by atoms with Gasteiger partial charge in [-0.25, -0.2) is 14.4 Å². The van der Waals surface area contributed by atoms with E-state index in [4.69, 9.17) is 14.7 Å². The van der Waals surface area contributed by atoms with Crippen LogP contribution in [0.2, 0.25) is 0 Å². The van der Waals surface area contributed by atoms with Crippen LogP contribution < -0.4 is 4.90 Å². The van der Waals surface area contributed by atoms with Gasteiger partial charge in [0.2, 0.25) is 5.95 Å². The highest BCUT2D eigenvalue weighted by atomic mass is 19.1. The standard InChI is InChI=1S/C24H26FN5O/c1-29(2)23-26-12-18-14-31-16-24(22(18)28-23)10-11-30(15-24)13-20-4-3-5-21(27-20)17-6-8-19(25)9-7-17/h3-9,12H,10-11,13-16H2,1-2H3/t24-/m0/s1. The molecule has 0 aliphatic carbocycles. The van der Waals surface area contributed by atoms with Crippen molar-refractivity contribution in [2.75, 3.05) is 38.7 Å². The molecular weight excluding hydrogens is 393 g/mol. The predicted molar refractivity (Wildman–Crippen MR) is 117 cm³/mol. The van der Waals surface area contributed by atoms with E-state index in [1.165, 1.54) is 12.1 Å². The number of ether oxygens (including phenoxy) is 1. The second-order valence-electron chi connectivity index (χ2n) is 8.69. The third-order valence-electron chi connectivity index (χ3n) is 6.16. The van der Waals surface area contributed by atoms with E-state index < -0.39 is 0 Å². The van der Waals surface area contributed by atoms with Gasteiger partial charge in [0.25, 0.3) is 0 Å². The molecule has 5 rings (SSSR count). The lowest BCUT2D eigenvalue weighted by Gasteiger charge is -2.34. The number of anilines is 1. The molecule has 0 amide bonds. The van der Waals surface area contributed by atoms with Gasteiger partial charge < -0.3 is 9.64 Å². The maximum absolute atomic E-state index is 13.3. The van der Waals surface area contributed by atoms with Crippen molar-refractivity contribution in [2.45, 2.75) is 25.0 Å². The molecule has 1 spiro atoms. The average Bonchev–Trinajstić information content (AvgIpc) is 3.17. The fraction of sp³-hybridized carbons (Fsp3) is 0.375. The quantitative estimate of drug-likeness (QED) is 0.646. The number of fused-ring (bicyclic) bond motifs is 2. The highest BCUT2D eigenvalue weighted by Gasteiger charge is 2.45. The van der Waals surface area contributed by atoms with Gasteiger partial charge in [-0.3, -0.25) is 9.88 Å². The number of benzene rings is 1. The maximum Gasteiger partial charge on any atom is 0.225 e. The first-order valence-electron chi connectivity index (χ1n) is 10.6. The SMILES string of the molecule is CN(C)c1ncc2c(n1)[C@]1(CCN(Cc3cccc(-c4ccc(F)cc4)n3)C1)COC2. The normalized spacial score (nSPS) is 20.7. The van der Waals surface area contributed by atoms with Gasteiger partial charge in [0, 0.05) is 44.5 Å². The monoisotopic (exact) mass is 419 g/mol. The molecule has 1 atom stereocenters. The highest BCUT2D eigenvalue weighted by molar-refractivity contribution is 5.58. The van der Waals surface area contributed by atoms with Crippen LogP contribution in [0.1, 0.15) is 23.4 Å². The van der Waals surface area contributed by atoms with Crippen LogP contribution >= 0.6 is 0 Å². The Balaban J connectivity index is 1.36. The van der Waals surface area contributed by atoms with Gasteiger partial charge in [-0.05, 0) is 49.4 Å². The molecule has 1 saturated heterocycles. The molecule has 0 N–H and O–H groups in total. The number of likely N-dealkylation sites (tertiary alicyclic amines) is 1. The van der Waals surface area contributed by atoms with Crippen LogP contribution in [0.5, 0.6) is 0 Å². The number of aromatic nitrogens is 3. The van der Waals surface area contributed by atoms with Gasteiger partial charge in [0.05, 0.1) is 35.7 Å². The Hall–Kier alpha value is -2.90. The average molecular weight is 420 g/mol. The molecule has 0 bridgehead atoms. The van der Waals surface area contributed by atoms with Crippen molar-refractivity contribution in [3.63, 3.8) is 0 Å². The Morgan fingerprint density at radius 3 is 2.77 bits per heavy atom. The topological polar surface area (TPSA) is 54.4 Å². The zero-order chi connectivity index (χ0) is 21.4. The van der Waals surface area contributed by atoms with Crippen molar-refractivity contribution in [2.24, 2.45) is 0 Å². The fourth-order valence-corrected chi connectivity index (χ4v) is 4.58. The van der Waals surface area contributed by atoms with E-state index >= 15 is 0 Å². The summed E-state index contributed by atoms with van der Waals surface area (Å²) in [5.74, 6) is 0.505. The zero-order valence-electron chi connectivity index (χ0n) is 17.9.